The first kappa shape index (κ1) is 23.0. The fraction of sp³-hybridized carbons (Fsp3) is 0.214. The molecule has 9 heteroatoms. The second kappa shape index (κ2) is 8.62. The van der Waals surface area contributed by atoms with Crippen LogP contribution in [0.25, 0.3) is 22.0 Å². The number of fused-ring (bicyclic) bond motifs is 2. The molecule has 2 aliphatic heterocycles. The summed E-state index contributed by atoms with van der Waals surface area (Å²) in [6, 6.07) is 20.0. The van der Waals surface area contributed by atoms with E-state index in [0.29, 0.717) is 40.7 Å². The van der Waals surface area contributed by atoms with E-state index in [9.17, 15) is 18.4 Å². The first-order valence-corrected chi connectivity index (χ1v) is 12.0. The molecule has 0 radical (unpaired) electrons. The molecule has 37 heavy (non-hydrogen) atoms. The van der Waals surface area contributed by atoms with Crippen molar-refractivity contribution in [2.75, 3.05) is 18.8 Å². The lowest BCUT2D eigenvalue weighted by Crippen LogP contribution is -2.31. The highest BCUT2D eigenvalue weighted by molar-refractivity contribution is 6.07. The number of benzene rings is 3. The lowest BCUT2D eigenvalue weighted by molar-refractivity contribution is 0.0120. The zero-order chi connectivity index (χ0) is 25.7. The number of nitrogen functional groups attached to an aromatic ring is 1. The largest absolute Gasteiger partial charge is 0.368 e. The summed E-state index contributed by atoms with van der Waals surface area (Å²) in [6.07, 6.45) is -0.346. The molecule has 0 unspecified atom stereocenters. The summed E-state index contributed by atoms with van der Waals surface area (Å²) in [5.41, 5.74) is 10.3. The number of halogens is 2. The van der Waals surface area contributed by atoms with E-state index in [1.165, 1.54) is 4.90 Å². The van der Waals surface area contributed by atoms with Crippen molar-refractivity contribution in [3.05, 3.63) is 89.1 Å². The van der Waals surface area contributed by atoms with Gasteiger partial charge in [-0.2, -0.15) is 0 Å². The molecule has 0 bridgehead atoms. The Balaban J connectivity index is 1.39. The van der Waals surface area contributed by atoms with Crippen molar-refractivity contribution in [1.29, 1.82) is 0 Å². The van der Waals surface area contributed by atoms with E-state index in [1.807, 2.05) is 24.3 Å². The molecule has 1 saturated heterocycles. The van der Waals surface area contributed by atoms with Crippen molar-refractivity contribution in [3.63, 3.8) is 0 Å². The van der Waals surface area contributed by atoms with Gasteiger partial charge >= 0.3 is 0 Å². The van der Waals surface area contributed by atoms with E-state index >= 15 is 0 Å². The summed E-state index contributed by atoms with van der Waals surface area (Å²) in [5.74, 6) is -3.61. The van der Waals surface area contributed by atoms with Gasteiger partial charge in [-0.15, -0.1) is 0 Å². The number of aromatic nitrogens is 2. The van der Waals surface area contributed by atoms with Crippen molar-refractivity contribution >= 4 is 28.7 Å². The summed E-state index contributed by atoms with van der Waals surface area (Å²) in [7, 11) is 0. The Morgan fingerprint density at radius 1 is 0.865 bits per heavy atom. The van der Waals surface area contributed by atoms with E-state index in [4.69, 9.17) is 5.73 Å². The molecule has 2 aliphatic rings. The first-order chi connectivity index (χ1) is 17.8. The highest BCUT2D eigenvalue weighted by atomic mass is 19.3. The predicted octanol–water partition coefficient (Wildman–Crippen LogP) is 4.52. The second-order valence-corrected chi connectivity index (χ2v) is 9.47. The molecule has 1 fully saturated rings. The second-order valence-electron chi connectivity index (χ2n) is 9.47. The van der Waals surface area contributed by atoms with E-state index in [1.54, 1.807) is 47.4 Å². The molecule has 0 spiro atoms. The molecule has 6 rings (SSSR count). The Kier molecular flexibility index (Phi) is 5.36. The average Bonchev–Trinajstić information content (AvgIpc) is 3.50. The van der Waals surface area contributed by atoms with Gasteiger partial charge in [0.1, 0.15) is 5.69 Å². The van der Waals surface area contributed by atoms with Crippen molar-refractivity contribution in [2.24, 2.45) is 0 Å². The molecular formula is C28H23F2N5O2. The van der Waals surface area contributed by atoms with Crippen LogP contribution in [0, 0.1) is 0 Å². The highest BCUT2D eigenvalue weighted by Crippen LogP contribution is 2.33. The minimum Gasteiger partial charge on any atom is -0.368 e. The van der Waals surface area contributed by atoms with E-state index < -0.39 is 18.4 Å². The lowest BCUT2D eigenvalue weighted by atomic mass is 9.97. The standard InChI is InChI=1S/C28H23F2N5O2/c29-28(30)11-12-34(16-28)25(36)21-8-4-3-7-20(21)17-9-10-23-22(13-17)24(33-27(31)32-23)26(37)35-14-18-5-1-2-6-19(18)15-35/h1-10,13H,11-12,14-16H2,(H2,31,32,33). The predicted molar refractivity (Wildman–Crippen MR) is 135 cm³/mol. The SMILES string of the molecule is Nc1nc(C(=O)N2Cc3ccccc3C2)c2cc(-c3ccccc3C(=O)N3CCC(F)(F)C3)ccc2n1. The number of amides is 2. The maximum atomic E-state index is 13.8. The van der Waals surface area contributed by atoms with Crippen LogP contribution in [0.5, 0.6) is 0 Å². The zero-order valence-corrected chi connectivity index (χ0v) is 19.8. The van der Waals surface area contributed by atoms with Crippen LogP contribution in [0.3, 0.4) is 0 Å². The third-order valence-electron chi connectivity index (χ3n) is 6.97. The maximum absolute atomic E-state index is 13.8. The molecule has 0 atom stereocenters. The van der Waals surface area contributed by atoms with E-state index in [-0.39, 0.29) is 30.5 Å². The Morgan fingerprint density at radius 2 is 1.57 bits per heavy atom. The van der Waals surface area contributed by atoms with Gasteiger partial charge in [0.25, 0.3) is 17.7 Å². The van der Waals surface area contributed by atoms with Gasteiger partial charge in [0.05, 0.1) is 12.1 Å². The van der Waals surface area contributed by atoms with E-state index in [2.05, 4.69) is 9.97 Å². The number of nitrogens with zero attached hydrogens (tertiary/aromatic N) is 4. The van der Waals surface area contributed by atoms with Crippen LogP contribution in [-0.2, 0) is 13.1 Å². The first-order valence-electron chi connectivity index (χ1n) is 12.0. The van der Waals surface area contributed by atoms with Crippen LogP contribution in [0.15, 0.2) is 66.7 Å². The Bertz CT molecular complexity index is 1550. The van der Waals surface area contributed by atoms with Gasteiger partial charge in [-0.05, 0) is 40.5 Å². The third kappa shape index (κ3) is 4.16. The molecule has 2 N–H and O–H groups in total. The normalized spacial score (nSPS) is 16.3. The number of alkyl halides is 2. The van der Waals surface area contributed by atoms with Crippen molar-refractivity contribution in [3.8, 4) is 11.1 Å². The molecule has 4 aromatic rings. The molecule has 0 aliphatic carbocycles. The molecule has 186 valence electrons. The summed E-state index contributed by atoms with van der Waals surface area (Å²) < 4.78 is 27.6. The lowest BCUT2D eigenvalue weighted by Gasteiger charge is -2.19. The summed E-state index contributed by atoms with van der Waals surface area (Å²) in [4.78, 5) is 38.3. The summed E-state index contributed by atoms with van der Waals surface area (Å²) in [6.45, 7) is 0.347. The van der Waals surface area contributed by atoms with Crippen molar-refractivity contribution in [1.82, 2.24) is 19.8 Å². The van der Waals surface area contributed by atoms with Crippen LogP contribution in [0.2, 0.25) is 0 Å². The fourth-order valence-electron chi connectivity index (χ4n) is 5.10. The Labute approximate surface area is 211 Å². The molecule has 0 saturated carbocycles. The minimum absolute atomic E-state index is 0.00186. The molecule has 3 aromatic carbocycles. The van der Waals surface area contributed by atoms with Gasteiger partial charge in [-0.3, -0.25) is 9.59 Å². The zero-order valence-electron chi connectivity index (χ0n) is 19.8. The minimum atomic E-state index is -2.88. The van der Waals surface area contributed by atoms with Crippen LogP contribution in [-0.4, -0.2) is 50.6 Å². The third-order valence-corrected chi connectivity index (χ3v) is 6.97. The molecular weight excluding hydrogens is 476 g/mol. The van der Waals surface area contributed by atoms with Gasteiger partial charge in [-0.1, -0.05) is 48.5 Å². The number of nitrogens with two attached hydrogens (primary N) is 1. The molecule has 7 nitrogen and oxygen atoms in total. The van der Waals surface area contributed by atoms with Crippen LogP contribution in [0.1, 0.15) is 38.4 Å². The van der Waals surface area contributed by atoms with Gasteiger partial charge < -0.3 is 15.5 Å². The number of hydrogen-bond acceptors (Lipinski definition) is 5. The van der Waals surface area contributed by atoms with Crippen LogP contribution < -0.4 is 5.73 Å². The smallest absolute Gasteiger partial charge is 0.273 e. The number of likely N-dealkylation sites (tertiary alicyclic amines) is 1. The van der Waals surface area contributed by atoms with Gasteiger partial charge in [0.15, 0.2) is 0 Å². The van der Waals surface area contributed by atoms with E-state index in [0.717, 1.165) is 11.1 Å². The maximum Gasteiger partial charge on any atom is 0.273 e. The van der Waals surface area contributed by atoms with Gasteiger partial charge in [0, 0.05) is 37.0 Å². The fourth-order valence-corrected chi connectivity index (χ4v) is 5.10. The number of carbonyl (C=O) groups excluding carboxylic acids is 2. The molecule has 1 aromatic heterocycles. The molecule has 2 amide bonds. The van der Waals surface area contributed by atoms with Gasteiger partial charge in [-0.25, -0.2) is 18.7 Å². The number of anilines is 1. The van der Waals surface area contributed by atoms with Crippen molar-refractivity contribution < 1.29 is 18.4 Å². The Hall–Kier alpha value is -4.40. The highest BCUT2D eigenvalue weighted by Gasteiger charge is 2.40. The summed E-state index contributed by atoms with van der Waals surface area (Å²) in [5, 5.41) is 0.502. The topological polar surface area (TPSA) is 92.4 Å². The van der Waals surface area contributed by atoms with Gasteiger partial charge in [0.2, 0.25) is 5.95 Å². The summed E-state index contributed by atoms with van der Waals surface area (Å²) >= 11 is 0. The monoisotopic (exact) mass is 499 g/mol. The molecule has 3 heterocycles. The van der Waals surface area contributed by atoms with Crippen LogP contribution in [0.4, 0.5) is 14.7 Å². The Morgan fingerprint density at radius 3 is 2.27 bits per heavy atom. The number of rotatable bonds is 3. The average molecular weight is 500 g/mol. The van der Waals surface area contributed by atoms with Crippen molar-refractivity contribution in [2.45, 2.75) is 25.4 Å². The quantitative estimate of drug-likeness (QED) is 0.448. The van der Waals surface area contributed by atoms with Crippen LogP contribution >= 0.6 is 0 Å². The number of carbonyl (C=O) groups is 2. The number of hydrogen-bond donors (Lipinski definition) is 1.